The minimum absolute atomic E-state index is 0.0297. The number of nitrogens with zero attached hydrogens (tertiary/aromatic N) is 7. The number of hydrogen-bond acceptors (Lipinski definition) is 9. The molecule has 2 aromatic heterocycles. The molecular weight excluding hydrogens is 488 g/mol. The average Bonchev–Trinajstić information content (AvgIpc) is 3.25. The number of benzene rings is 1. The van der Waals surface area contributed by atoms with Gasteiger partial charge in [-0.15, -0.1) is 5.10 Å². The molecule has 1 fully saturated rings. The van der Waals surface area contributed by atoms with Gasteiger partial charge in [-0.25, -0.2) is 9.37 Å². The van der Waals surface area contributed by atoms with Gasteiger partial charge in [-0.3, -0.25) is 0 Å². The van der Waals surface area contributed by atoms with Crippen molar-refractivity contribution in [3.63, 3.8) is 0 Å². The summed E-state index contributed by atoms with van der Waals surface area (Å²) in [6.45, 7) is 6.04. The molecule has 0 bridgehead atoms. The SMILES string of the molecule is CC(CO)N(C)c1nc(-c2ccc(F)c(Cl)c2)cc(N2CCN(c3nnsc3Cl)C[C@H]2C)n1. The molecule has 8 nitrogen and oxygen atoms in total. The summed E-state index contributed by atoms with van der Waals surface area (Å²) in [4.78, 5) is 15.6. The number of aliphatic hydroxyl groups is 1. The standard InChI is InChI=1S/C21H24Cl2FN7OS/c1-12-10-30(20-19(23)33-28-27-20)6-7-31(12)18-9-17(14-4-5-16(24)15(22)8-14)25-21(26-18)29(3)13(2)11-32/h4-5,8-9,12-13,32H,6-7,10-11H2,1-3H3/t12-,13?/m1/s1. The third kappa shape index (κ3) is 4.98. The number of aromatic nitrogens is 4. The zero-order chi connectivity index (χ0) is 23.7. The number of rotatable bonds is 6. The van der Waals surface area contributed by atoms with Gasteiger partial charge in [-0.05, 0) is 32.0 Å². The molecule has 1 aromatic carbocycles. The number of likely N-dealkylation sites (N-methyl/N-ethyl adjacent to an activating group) is 1. The number of aliphatic hydroxyl groups excluding tert-OH is 1. The van der Waals surface area contributed by atoms with E-state index < -0.39 is 5.82 Å². The third-order valence-electron chi connectivity index (χ3n) is 5.81. The van der Waals surface area contributed by atoms with E-state index in [2.05, 4.69) is 31.3 Å². The second-order valence-electron chi connectivity index (χ2n) is 8.04. The lowest BCUT2D eigenvalue weighted by Crippen LogP contribution is -2.52. The van der Waals surface area contributed by atoms with Crippen molar-refractivity contribution in [2.75, 3.05) is 48.0 Å². The van der Waals surface area contributed by atoms with Crippen LogP contribution in [0.1, 0.15) is 13.8 Å². The molecule has 1 saturated heterocycles. The molecule has 0 aliphatic carbocycles. The first-order chi connectivity index (χ1) is 15.8. The Hall–Kier alpha value is -2.27. The second-order valence-corrected chi connectivity index (χ2v) is 9.80. The van der Waals surface area contributed by atoms with E-state index in [1.165, 1.54) is 17.6 Å². The summed E-state index contributed by atoms with van der Waals surface area (Å²) in [6, 6.07) is 6.33. The van der Waals surface area contributed by atoms with Crippen LogP contribution in [0.3, 0.4) is 0 Å². The van der Waals surface area contributed by atoms with Crippen LogP contribution in [-0.2, 0) is 0 Å². The van der Waals surface area contributed by atoms with Crippen LogP contribution in [0.5, 0.6) is 0 Å². The largest absolute Gasteiger partial charge is 0.394 e. The van der Waals surface area contributed by atoms with Gasteiger partial charge in [0.05, 0.1) is 23.4 Å². The van der Waals surface area contributed by atoms with Crippen molar-refractivity contribution >= 4 is 52.3 Å². The molecule has 0 radical (unpaired) electrons. The molecule has 2 atom stereocenters. The molecule has 1 unspecified atom stereocenters. The molecule has 12 heteroatoms. The van der Waals surface area contributed by atoms with E-state index in [1.54, 1.807) is 12.1 Å². The summed E-state index contributed by atoms with van der Waals surface area (Å²) in [5.74, 6) is 1.42. The molecule has 3 heterocycles. The Morgan fingerprint density at radius 3 is 2.70 bits per heavy atom. The first kappa shape index (κ1) is 23.9. The van der Waals surface area contributed by atoms with Gasteiger partial charge in [0.25, 0.3) is 0 Å². The van der Waals surface area contributed by atoms with Gasteiger partial charge < -0.3 is 19.8 Å². The normalized spacial score (nSPS) is 17.4. The molecule has 0 amide bonds. The van der Waals surface area contributed by atoms with E-state index in [1.807, 2.05) is 24.9 Å². The zero-order valence-electron chi connectivity index (χ0n) is 18.4. The molecule has 3 aromatic rings. The van der Waals surface area contributed by atoms with E-state index in [9.17, 15) is 9.50 Å². The molecule has 1 aliphatic rings. The highest BCUT2D eigenvalue weighted by Gasteiger charge is 2.29. The molecule has 1 N–H and O–H groups in total. The van der Waals surface area contributed by atoms with Crippen LogP contribution in [0.2, 0.25) is 9.36 Å². The number of hydrogen-bond donors (Lipinski definition) is 1. The van der Waals surface area contributed by atoms with Crippen LogP contribution in [0.25, 0.3) is 11.3 Å². The number of anilines is 3. The Bertz CT molecular complexity index is 1130. The van der Waals surface area contributed by atoms with E-state index in [0.29, 0.717) is 47.0 Å². The smallest absolute Gasteiger partial charge is 0.227 e. The van der Waals surface area contributed by atoms with E-state index in [0.717, 1.165) is 5.82 Å². The van der Waals surface area contributed by atoms with Crippen LogP contribution in [-0.4, -0.2) is 70.0 Å². The predicted molar refractivity (Wildman–Crippen MR) is 131 cm³/mol. The van der Waals surface area contributed by atoms with Crippen molar-refractivity contribution < 1.29 is 9.50 Å². The van der Waals surface area contributed by atoms with Gasteiger partial charge in [0.15, 0.2) is 10.2 Å². The van der Waals surface area contributed by atoms with Crippen molar-refractivity contribution in [2.45, 2.75) is 25.9 Å². The third-order valence-corrected chi connectivity index (χ3v) is 6.98. The Morgan fingerprint density at radius 1 is 1.27 bits per heavy atom. The van der Waals surface area contributed by atoms with Gasteiger partial charge in [0, 0.05) is 55.9 Å². The summed E-state index contributed by atoms with van der Waals surface area (Å²) in [5.41, 5.74) is 1.30. The lowest BCUT2D eigenvalue weighted by atomic mass is 10.1. The fourth-order valence-electron chi connectivity index (χ4n) is 3.70. The summed E-state index contributed by atoms with van der Waals surface area (Å²) < 4.78 is 18.3. The van der Waals surface area contributed by atoms with E-state index >= 15 is 0 Å². The molecule has 4 rings (SSSR count). The number of piperazine rings is 1. The zero-order valence-corrected chi connectivity index (χ0v) is 20.7. The maximum Gasteiger partial charge on any atom is 0.227 e. The van der Waals surface area contributed by atoms with E-state index in [-0.39, 0.29) is 23.7 Å². The lowest BCUT2D eigenvalue weighted by molar-refractivity contribution is 0.269. The minimum Gasteiger partial charge on any atom is -0.394 e. The topological polar surface area (TPSA) is 81.5 Å². The van der Waals surface area contributed by atoms with Crippen LogP contribution >= 0.6 is 34.7 Å². The fraction of sp³-hybridized carbons (Fsp3) is 0.429. The van der Waals surface area contributed by atoms with Gasteiger partial charge in [-0.2, -0.15) is 4.98 Å². The first-order valence-electron chi connectivity index (χ1n) is 10.5. The van der Waals surface area contributed by atoms with Gasteiger partial charge in [-0.1, -0.05) is 27.7 Å². The Labute approximate surface area is 205 Å². The minimum atomic E-state index is -0.485. The Balaban J connectivity index is 1.69. The second kappa shape index (κ2) is 9.92. The maximum atomic E-state index is 13.7. The molecule has 33 heavy (non-hydrogen) atoms. The highest BCUT2D eigenvalue weighted by Crippen LogP contribution is 2.32. The van der Waals surface area contributed by atoms with Crippen molar-refractivity contribution in [1.29, 1.82) is 0 Å². The highest BCUT2D eigenvalue weighted by atomic mass is 35.5. The molecule has 0 spiro atoms. The quantitative estimate of drug-likeness (QED) is 0.532. The van der Waals surface area contributed by atoms with Gasteiger partial charge in [0.2, 0.25) is 5.95 Å². The average molecular weight is 512 g/mol. The highest BCUT2D eigenvalue weighted by molar-refractivity contribution is 7.11. The van der Waals surface area contributed by atoms with Crippen molar-refractivity contribution in [3.05, 3.63) is 39.4 Å². The van der Waals surface area contributed by atoms with Crippen molar-refractivity contribution in [2.24, 2.45) is 0 Å². The molecular formula is C21H24Cl2FN7OS. The summed E-state index contributed by atoms with van der Waals surface area (Å²) in [7, 11) is 1.83. The van der Waals surface area contributed by atoms with Crippen LogP contribution in [0.4, 0.5) is 22.0 Å². The molecule has 176 valence electrons. The molecule has 1 aliphatic heterocycles. The van der Waals surface area contributed by atoms with Crippen LogP contribution in [0, 0.1) is 5.82 Å². The predicted octanol–water partition coefficient (Wildman–Crippen LogP) is 3.97. The van der Waals surface area contributed by atoms with Crippen molar-refractivity contribution in [1.82, 2.24) is 19.6 Å². The Kier molecular flexibility index (Phi) is 7.18. The number of halogens is 3. The van der Waals surface area contributed by atoms with Gasteiger partial charge >= 0.3 is 0 Å². The van der Waals surface area contributed by atoms with E-state index in [4.69, 9.17) is 28.2 Å². The summed E-state index contributed by atoms with van der Waals surface area (Å²) in [5, 5.41) is 13.8. The monoisotopic (exact) mass is 511 g/mol. The fourth-order valence-corrected chi connectivity index (χ4v) is 4.57. The summed E-state index contributed by atoms with van der Waals surface area (Å²) >= 11 is 13.4. The first-order valence-corrected chi connectivity index (χ1v) is 12.0. The van der Waals surface area contributed by atoms with Crippen LogP contribution < -0.4 is 14.7 Å². The maximum absolute atomic E-state index is 13.7. The Morgan fingerprint density at radius 2 is 2.06 bits per heavy atom. The molecule has 0 saturated carbocycles. The summed E-state index contributed by atoms with van der Waals surface area (Å²) in [6.07, 6.45) is 0. The van der Waals surface area contributed by atoms with Gasteiger partial charge in [0.1, 0.15) is 11.6 Å². The lowest BCUT2D eigenvalue weighted by Gasteiger charge is -2.41. The van der Waals surface area contributed by atoms with Crippen molar-refractivity contribution in [3.8, 4) is 11.3 Å². The van der Waals surface area contributed by atoms with Crippen LogP contribution in [0.15, 0.2) is 24.3 Å².